The van der Waals surface area contributed by atoms with Gasteiger partial charge in [-0.1, -0.05) is 12.2 Å². The molecule has 0 unspecified atom stereocenters. The van der Waals surface area contributed by atoms with Gasteiger partial charge in [-0.2, -0.15) is 0 Å². The minimum Gasteiger partial charge on any atom is -0.388 e. The average Bonchev–Trinajstić information content (AvgIpc) is 2.46. The summed E-state index contributed by atoms with van der Waals surface area (Å²) in [6.07, 6.45) is 6.07. The maximum Gasteiger partial charge on any atom is 0.0837 e. The van der Waals surface area contributed by atoms with Crippen molar-refractivity contribution in [2.75, 3.05) is 6.54 Å². The minimum absolute atomic E-state index is 0.248. The first-order chi connectivity index (χ1) is 4.31. The van der Waals surface area contributed by atoms with E-state index in [1.807, 2.05) is 0 Å². The summed E-state index contributed by atoms with van der Waals surface area (Å²) in [5.74, 6) is 0. The van der Waals surface area contributed by atoms with Crippen molar-refractivity contribution in [2.24, 2.45) is 0 Å². The first-order valence-corrected chi connectivity index (χ1v) is 3.44. The van der Waals surface area contributed by atoms with Crippen LogP contribution in [0, 0.1) is 0 Å². The summed E-state index contributed by atoms with van der Waals surface area (Å²) in [7, 11) is 0. The van der Waals surface area contributed by atoms with Gasteiger partial charge < -0.3 is 10.4 Å². The second kappa shape index (κ2) is 1.58. The van der Waals surface area contributed by atoms with E-state index < -0.39 is 0 Å². The van der Waals surface area contributed by atoms with Crippen molar-refractivity contribution in [2.45, 2.75) is 24.5 Å². The molecular formula is C7H11NO. The minimum atomic E-state index is -0.368. The number of hydrogen-bond acceptors (Lipinski definition) is 2. The third-order valence-corrected chi connectivity index (χ3v) is 2.13. The molecule has 0 aromatic carbocycles. The van der Waals surface area contributed by atoms with Crippen LogP contribution >= 0.6 is 0 Å². The number of nitrogens with one attached hydrogen (secondary N) is 1. The predicted molar refractivity (Wildman–Crippen MR) is 35.1 cm³/mol. The van der Waals surface area contributed by atoms with Crippen molar-refractivity contribution in [1.82, 2.24) is 5.32 Å². The van der Waals surface area contributed by atoms with Crippen LogP contribution in [0.2, 0.25) is 0 Å². The number of hydrogen-bond donors (Lipinski definition) is 2. The SMILES string of the molecule is OC1([C@H]2C=CCN2)CC1. The Morgan fingerprint density at radius 2 is 2.33 bits per heavy atom. The zero-order valence-corrected chi connectivity index (χ0v) is 5.30. The van der Waals surface area contributed by atoms with Crippen LogP contribution in [-0.2, 0) is 0 Å². The third-order valence-electron chi connectivity index (χ3n) is 2.13. The van der Waals surface area contributed by atoms with E-state index in [9.17, 15) is 5.11 Å². The second-order valence-electron chi connectivity index (χ2n) is 2.92. The van der Waals surface area contributed by atoms with E-state index in [0.717, 1.165) is 19.4 Å². The smallest absolute Gasteiger partial charge is 0.0837 e. The fourth-order valence-electron chi connectivity index (χ4n) is 1.28. The molecule has 9 heavy (non-hydrogen) atoms. The molecule has 0 spiro atoms. The Morgan fingerprint density at radius 1 is 1.56 bits per heavy atom. The highest BCUT2D eigenvalue weighted by atomic mass is 16.3. The van der Waals surface area contributed by atoms with E-state index in [1.54, 1.807) is 0 Å². The van der Waals surface area contributed by atoms with Gasteiger partial charge >= 0.3 is 0 Å². The van der Waals surface area contributed by atoms with Crippen LogP contribution in [-0.4, -0.2) is 23.3 Å². The van der Waals surface area contributed by atoms with Crippen LogP contribution in [0.3, 0.4) is 0 Å². The molecule has 2 N–H and O–H groups in total. The molecule has 0 aromatic rings. The van der Waals surface area contributed by atoms with Crippen molar-refractivity contribution in [3.8, 4) is 0 Å². The van der Waals surface area contributed by atoms with E-state index >= 15 is 0 Å². The molecule has 1 saturated carbocycles. The van der Waals surface area contributed by atoms with E-state index in [0.29, 0.717) is 0 Å². The molecule has 50 valence electrons. The maximum absolute atomic E-state index is 9.51. The van der Waals surface area contributed by atoms with Gasteiger partial charge in [0.25, 0.3) is 0 Å². The van der Waals surface area contributed by atoms with Gasteiger partial charge in [0.05, 0.1) is 11.6 Å². The largest absolute Gasteiger partial charge is 0.388 e. The zero-order chi connectivity index (χ0) is 6.32. The van der Waals surface area contributed by atoms with Gasteiger partial charge in [0.1, 0.15) is 0 Å². The fraction of sp³-hybridized carbons (Fsp3) is 0.714. The van der Waals surface area contributed by atoms with E-state index in [1.165, 1.54) is 0 Å². The van der Waals surface area contributed by atoms with Gasteiger partial charge in [-0.05, 0) is 12.8 Å². The summed E-state index contributed by atoms with van der Waals surface area (Å²) in [6, 6.07) is 0.248. The Labute approximate surface area is 54.6 Å². The van der Waals surface area contributed by atoms with Crippen LogP contribution < -0.4 is 5.32 Å². The van der Waals surface area contributed by atoms with Crippen molar-refractivity contribution >= 4 is 0 Å². The zero-order valence-electron chi connectivity index (χ0n) is 5.30. The second-order valence-corrected chi connectivity index (χ2v) is 2.92. The van der Waals surface area contributed by atoms with Gasteiger partial charge in [0.15, 0.2) is 0 Å². The number of rotatable bonds is 1. The molecule has 1 fully saturated rings. The maximum atomic E-state index is 9.51. The monoisotopic (exact) mass is 125 g/mol. The van der Waals surface area contributed by atoms with Gasteiger partial charge in [0, 0.05) is 6.54 Å². The molecule has 1 heterocycles. The Hall–Kier alpha value is -0.340. The summed E-state index contributed by atoms with van der Waals surface area (Å²) < 4.78 is 0. The summed E-state index contributed by atoms with van der Waals surface area (Å²) in [5.41, 5.74) is -0.368. The lowest BCUT2D eigenvalue weighted by atomic mass is 10.1. The Morgan fingerprint density at radius 3 is 2.78 bits per heavy atom. The highest BCUT2D eigenvalue weighted by Gasteiger charge is 2.47. The highest BCUT2D eigenvalue weighted by Crippen LogP contribution is 2.39. The first kappa shape index (κ1) is 5.45. The normalized spacial score (nSPS) is 37.2. The predicted octanol–water partition coefficient (Wildman–Crippen LogP) is 0.0393. The molecule has 0 aromatic heterocycles. The van der Waals surface area contributed by atoms with Crippen LogP contribution in [0.1, 0.15) is 12.8 Å². The van der Waals surface area contributed by atoms with Crippen molar-refractivity contribution in [3.63, 3.8) is 0 Å². The lowest BCUT2D eigenvalue weighted by molar-refractivity contribution is 0.126. The summed E-state index contributed by atoms with van der Waals surface area (Å²) in [5, 5.41) is 12.7. The van der Waals surface area contributed by atoms with Crippen molar-refractivity contribution in [1.29, 1.82) is 0 Å². The number of aliphatic hydroxyl groups is 1. The molecule has 1 aliphatic heterocycles. The summed E-state index contributed by atoms with van der Waals surface area (Å²) in [4.78, 5) is 0. The van der Waals surface area contributed by atoms with Crippen LogP contribution in [0.4, 0.5) is 0 Å². The molecule has 2 rings (SSSR count). The molecule has 0 bridgehead atoms. The standard InChI is InChI=1S/C7H11NO/c9-7(3-4-7)6-2-1-5-8-6/h1-2,6,8-9H,3-5H2/t6-/m1/s1. The third kappa shape index (κ3) is 0.787. The highest BCUT2D eigenvalue weighted by molar-refractivity contribution is 5.16. The quantitative estimate of drug-likeness (QED) is 0.485. The Balaban J connectivity index is 2.05. The molecule has 2 heteroatoms. The van der Waals surface area contributed by atoms with Gasteiger partial charge in [0.2, 0.25) is 0 Å². The van der Waals surface area contributed by atoms with E-state index in [-0.39, 0.29) is 11.6 Å². The lowest BCUT2D eigenvalue weighted by Gasteiger charge is -2.14. The van der Waals surface area contributed by atoms with Gasteiger partial charge in [-0.15, -0.1) is 0 Å². The Kier molecular flexibility index (Phi) is 0.957. The molecule has 0 amide bonds. The first-order valence-electron chi connectivity index (χ1n) is 3.44. The molecule has 1 aliphatic carbocycles. The molecule has 1 atom stereocenters. The summed E-state index contributed by atoms with van der Waals surface area (Å²) in [6.45, 7) is 0.924. The van der Waals surface area contributed by atoms with E-state index in [2.05, 4.69) is 17.5 Å². The molecule has 0 saturated heterocycles. The average molecular weight is 125 g/mol. The van der Waals surface area contributed by atoms with Gasteiger partial charge in [-0.3, -0.25) is 0 Å². The van der Waals surface area contributed by atoms with Crippen LogP contribution in [0.25, 0.3) is 0 Å². The Bertz CT molecular complexity index is 149. The van der Waals surface area contributed by atoms with Crippen LogP contribution in [0.15, 0.2) is 12.2 Å². The van der Waals surface area contributed by atoms with Crippen LogP contribution in [0.5, 0.6) is 0 Å². The molecule has 2 nitrogen and oxygen atoms in total. The van der Waals surface area contributed by atoms with E-state index in [4.69, 9.17) is 0 Å². The topological polar surface area (TPSA) is 32.3 Å². The van der Waals surface area contributed by atoms with Crippen molar-refractivity contribution < 1.29 is 5.11 Å². The molecule has 2 aliphatic rings. The fourth-order valence-corrected chi connectivity index (χ4v) is 1.28. The lowest BCUT2D eigenvalue weighted by Crippen LogP contribution is -2.36. The molecular weight excluding hydrogens is 114 g/mol. The van der Waals surface area contributed by atoms with Gasteiger partial charge in [-0.25, -0.2) is 0 Å². The van der Waals surface area contributed by atoms with Crippen molar-refractivity contribution in [3.05, 3.63) is 12.2 Å². The summed E-state index contributed by atoms with van der Waals surface area (Å²) >= 11 is 0. The molecule has 0 radical (unpaired) electrons.